The first-order valence-corrected chi connectivity index (χ1v) is 9.19. The number of alkyl halides is 3. The summed E-state index contributed by atoms with van der Waals surface area (Å²) >= 11 is 0. The zero-order chi connectivity index (χ0) is 21.2. The van der Waals surface area contributed by atoms with Gasteiger partial charge in [-0.15, -0.1) is 12.4 Å². The van der Waals surface area contributed by atoms with Gasteiger partial charge in [0.05, 0.1) is 23.3 Å². The van der Waals surface area contributed by atoms with Crippen molar-refractivity contribution in [1.82, 2.24) is 4.40 Å². The minimum atomic E-state index is -4.50. The molecule has 1 aliphatic carbocycles. The number of pyridine rings is 2. The highest BCUT2D eigenvalue weighted by Crippen LogP contribution is 2.44. The van der Waals surface area contributed by atoms with E-state index in [4.69, 9.17) is 5.73 Å². The van der Waals surface area contributed by atoms with E-state index in [0.717, 1.165) is 23.4 Å². The molecule has 2 atom stereocenters. The molecule has 30 heavy (non-hydrogen) atoms. The Bertz CT molecular complexity index is 1080. The smallest absolute Gasteiger partial charge is 0.395 e. The highest BCUT2D eigenvalue weighted by Gasteiger charge is 2.49. The summed E-state index contributed by atoms with van der Waals surface area (Å²) in [4.78, 5) is 25.3. The Morgan fingerprint density at radius 1 is 1.27 bits per heavy atom. The summed E-state index contributed by atoms with van der Waals surface area (Å²) in [7, 11) is 0. The number of nitrogens with two attached hydrogens (primary N) is 1. The average molecular weight is 450 g/mol. The minimum absolute atomic E-state index is 0. The topological polar surface area (TPSA) is 88.0 Å². The molecule has 0 spiro atoms. The molecule has 2 unspecified atom stereocenters. The Morgan fingerprint density at radius 2 is 1.90 bits per heavy atom. The molecule has 3 heterocycles. The van der Waals surface area contributed by atoms with Crippen LogP contribution in [-0.2, 0) is 0 Å². The van der Waals surface area contributed by atoms with Crippen LogP contribution in [0.4, 0.5) is 23.2 Å². The van der Waals surface area contributed by atoms with E-state index in [1.54, 1.807) is 0 Å². The van der Waals surface area contributed by atoms with Crippen LogP contribution in [-0.4, -0.2) is 40.8 Å². The van der Waals surface area contributed by atoms with Crippen molar-refractivity contribution < 1.29 is 27.5 Å². The van der Waals surface area contributed by atoms with Gasteiger partial charge in [0.1, 0.15) is 5.56 Å². The molecule has 2 fully saturated rings. The van der Waals surface area contributed by atoms with E-state index in [0.29, 0.717) is 16.6 Å². The Morgan fingerprint density at radius 3 is 2.40 bits per heavy atom. The first kappa shape index (κ1) is 22.4. The van der Waals surface area contributed by atoms with Gasteiger partial charge in [-0.3, -0.25) is 9.20 Å². The summed E-state index contributed by atoms with van der Waals surface area (Å²) in [5, 5.41) is 9.32. The molecule has 11 heteroatoms. The van der Waals surface area contributed by atoms with Gasteiger partial charge in [-0.05, 0) is 42.9 Å². The van der Waals surface area contributed by atoms with Crippen LogP contribution >= 0.6 is 12.4 Å². The van der Waals surface area contributed by atoms with E-state index in [-0.39, 0.29) is 30.6 Å². The third-order valence-electron chi connectivity index (χ3n) is 5.79. The number of aromatic carboxylic acids is 1. The SMILES string of the molecule is Cc1c(N2CC(N)C(C(F)(F)F)C2)c(F)cn2c(=O)c(C(=O)O)cc(C3CC3)c12.Cl. The summed E-state index contributed by atoms with van der Waals surface area (Å²) in [5.74, 6) is -4.05. The minimum Gasteiger partial charge on any atom is -0.477 e. The number of carboxylic acid groups (broad SMARTS) is 1. The second-order valence-corrected chi connectivity index (χ2v) is 7.78. The summed E-state index contributed by atoms with van der Waals surface area (Å²) in [6.07, 6.45) is -2.04. The second kappa shape index (κ2) is 7.42. The number of fused-ring (bicyclic) bond motifs is 1. The zero-order valence-electron chi connectivity index (χ0n) is 15.9. The fraction of sp³-hybridized carbons (Fsp3) is 0.474. The van der Waals surface area contributed by atoms with Gasteiger partial charge in [0.25, 0.3) is 5.56 Å². The molecule has 2 aromatic rings. The molecule has 1 saturated carbocycles. The van der Waals surface area contributed by atoms with Gasteiger partial charge in [-0.1, -0.05) is 0 Å². The van der Waals surface area contributed by atoms with Gasteiger partial charge >= 0.3 is 12.1 Å². The lowest BCUT2D eigenvalue weighted by Crippen LogP contribution is -2.38. The molecule has 1 saturated heterocycles. The van der Waals surface area contributed by atoms with Crippen molar-refractivity contribution in [1.29, 1.82) is 0 Å². The number of hydrogen-bond acceptors (Lipinski definition) is 4. The summed E-state index contributed by atoms with van der Waals surface area (Å²) in [6.45, 7) is 0.884. The lowest BCUT2D eigenvalue weighted by molar-refractivity contribution is -0.171. The maximum atomic E-state index is 15.0. The van der Waals surface area contributed by atoms with E-state index < -0.39 is 47.6 Å². The highest BCUT2D eigenvalue weighted by atomic mass is 35.5. The number of aromatic nitrogens is 1. The Hall–Kier alpha value is -2.33. The Kier molecular flexibility index (Phi) is 5.53. The van der Waals surface area contributed by atoms with E-state index in [1.807, 2.05) is 0 Å². The maximum absolute atomic E-state index is 15.0. The van der Waals surface area contributed by atoms with Crippen molar-refractivity contribution in [2.24, 2.45) is 11.7 Å². The fourth-order valence-electron chi connectivity index (χ4n) is 4.25. The first-order valence-electron chi connectivity index (χ1n) is 9.19. The molecule has 0 radical (unpaired) electrons. The van der Waals surface area contributed by atoms with Crippen molar-refractivity contribution in [3.63, 3.8) is 0 Å². The van der Waals surface area contributed by atoms with Crippen LogP contribution in [0, 0.1) is 18.7 Å². The van der Waals surface area contributed by atoms with Crippen molar-refractivity contribution in [2.75, 3.05) is 18.0 Å². The average Bonchev–Trinajstić information content (AvgIpc) is 3.37. The quantitative estimate of drug-likeness (QED) is 0.703. The highest BCUT2D eigenvalue weighted by molar-refractivity contribution is 5.89. The molecule has 2 aliphatic rings. The van der Waals surface area contributed by atoms with Gasteiger partial charge in [-0.25, -0.2) is 9.18 Å². The number of anilines is 1. The molecule has 1 aliphatic heterocycles. The van der Waals surface area contributed by atoms with Crippen LogP contribution in [0.15, 0.2) is 17.1 Å². The van der Waals surface area contributed by atoms with Gasteiger partial charge in [-0.2, -0.15) is 13.2 Å². The molecule has 0 aromatic carbocycles. The predicted molar refractivity (Wildman–Crippen MR) is 104 cm³/mol. The van der Waals surface area contributed by atoms with E-state index in [2.05, 4.69) is 0 Å². The summed E-state index contributed by atoms with van der Waals surface area (Å²) in [5.41, 5.74) is 5.54. The van der Waals surface area contributed by atoms with Crippen molar-refractivity contribution >= 4 is 29.6 Å². The van der Waals surface area contributed by atoms with Gasteiger partial charge in [0.15, 0.2) is 5.82 Å². The van der Waals surface area contributed by atoms with Crippen molar-refractivity contribution in [3.05, 3.63) is 45.1 Å². The monoisotopic (exact) mass is 449 g/mol. The number of carbonyl (C=O) groups is 1. The van der Waals surface area contributed by atoms with Gasteiger partial charge in [0, 0.05) is 19.1 Å². The van der Waals surface area contributed by atoms with Gasteiger partial charge < -0.3 is 15.7 Å². The van der Waals surface area contributed by atoms with E-state index >= 15 is 0 Å². The van der Waals surface area contributed by atoms with E-state index in [1.165, 1.54) is 17.9 Å². The molecule has 0 bridgehead atoms. The number of carboxylic acids is 1. The summed E-state index contributed by atoms with van der Waals surface area (Å²) < 4.78 is 55.5. The lowest BCUT2D eigenvalue weighted by atomic mass is 10.0. The van der Waals surface area contributed by atoms with Crippen LogP contribution in [0.3, 0.4) is 0 Å². The molecule has 0 amide bonds. The van der Waals surface area contributed by atoms with Crippen LogP contribution in [0.1, 0.15) is 40.2 Å². The number of rotatable bonds is 3. The molecular formula is C19H20ClF4N3O3. The fourth-order valence-corrected chi connectivity index (χ4v) is 4.25. The Labute approximate surface area is 174 Å². The third-order valence-corrected chi connectivity index (χ3v) is 5.79. The number of aryl methyl sites for hydroxylation is 1. The molecular weight excluding hydrogens is 430 g/mol. The number of hydrogen-bond donors (Lipinski definition) is 2. The third kappa shape index (κ3) is 3.51. The normalized spacial score (nSPS) is 21.7. The Balaban J connectivity index is 0.00000256. The van der Waals surface area contributed by atoms with Crippen LogP contribution in [0.5, 0.6) is 0 Å². The molecule has 164 valence electrons. The molecule has 6 nitrogen and oxygen atoms in total. The summed E-state index contributed by atoms with van der Waals surface area (Å²) in [6, 6.07) is 0.116. The van der Waals surface area contributed by atoms with Crippen LogP contribution in [0.2, 0.25) is 0 Å². The second-order valence-electron chi connectivity index (χ2n) is 7.78. The first-order chi connectivity index (χ1) is 13.5. The largest absolute Gasteiger partial charge is 0.477 e. The van der Waals surface area contributed by atoms with Gasteiger partial charge in [0.2, 0.25) is 0 Å². The van der Waals surface area contributed by atoms with E-state index in [9.17, 15) is 32.3 Å². The standard InChI is InChI=1S/C19H19F4N3O3.ClH/c1-8-15-10(9-2-3-9)4-11(18(28)29)17(27)26(15)6-13(20)16(8)25-5-12(14(24)7-25)19(21,22)23;/h4,6,9,12,14H,2-3,5,7,24H2,1H3,(H,28,29);1H. The molecule has 4 rings (SSSR count). The number of nitrogens with zero attached hydrogens (tertiary/aromatic N) is 2. The zero-order valence-corrected chi connectivity index (χ0v) is 16.7. The van der Waals surface area contributed by atoms with Crippen molar-refractivity contribution in [3.8, 4) is 0 Å². The van der Waals surface area contributed by atoms with Crippen LogP contribution in [0.25, 0.3) is 5.52 Å². The van der Waals surface area contributed by atoms with Crippen molar-refractivity contribution in [2.45, 2.75) is 37.9 Å². The molecule has 3 N–H and O–H groups in total. The van der Waals surface area contributed by atoms with Crippen LogP contribution < -0.4 is 16.2 Å². The number of halogens is 5. The molecule has 2 aromatic heterocycles. The maximum Gasteiger partial charge on any atom is 0.395 e. The lowest BCUT2D eigenvalue weighted by Gasteiger charge is -2.24. The predicted octanol–water partition coefficient (Wildman–Crippen LogP) is 3.07.